The lowest BCUT2D eigenvalue weighted by Gasteiger charge is -2.33. The van der Waals surface area contributed by atoms with Gasteiger partial charge in [-0.2, -0.15) is 5.10 Å². The Bertz CT molecular complexity index is 1940. The Morgan fingerprint density at radius 2 is 1.69 bits per heavy atom. The Balaban J connectivity index is 0.928. The number of likely N-dealkylation sites (tertiary alicyclic amines) is 2. The first-order valence-electron chi connectivity index (χ1n) is 17.8. The number of nitrogens with zero attached hydrogens (tertiary/aromatic N) is 5. The van der Waals surface area contributed by atoms with E-state index in [0.29, 0.717) is 45.1 Å². The third-order valence-corrected chi connectivity index (χ3v) is 10.5. The van der Waals surface area contributed by atoms with Crippen LogP contribution in [0.15, 0.2) is 85.2 Å². The van der Waals surface area contributed by atoms with Crippen LogP contribution in [-0.4, -0.2) is 94.8 Å². The second kappa shape index (κ2) is 15.4. The molecule has 5 aromatic rings. The van der Waals surface area contributed by atoms with Gasteiger partial charge in [0.2, 0.25) is 11.8 Å². The molecule has 2 aromatic heterocycles. The van der Waals surface area contributed by atoms with E-state index in [1.165, 1.54) is 5.56 Å². The van der Waals surface area contributed by atoms with E-state index >= 15 is 0 Å². The van der Waals surface area contributed by atoms with Gasteiger partial charge in [0.1, 0.15) is 12.4 Å². The molecular formula is C40H45N7O4. The van der Waals surface area contributed by atoms with Gasteiger partial charge in [-0.15, -0.1) is 0 Å². The first-order valence-corrected chi connectivity index (χ1v) is 17.8. The van der Waals surface area contributed by atoms with Gasteiger partial charge in [-0.05, 0) is 92.2 Å². The second-order valence-electron chi connectivity index (χ2n) is 13.6. The van der Waals surface area contributed by atoms with Crippen LogP contribution in [0.2, 0.25) is 0 Å². The van der Waals surface area contributed by atoms with Crippen molar-refractivity contribution in [3.05, 3.63) is 90.8 Å². The smallest absolute Gasteiger partial charge is 0.236 e. The van der Waals surface area contributed by atoms with Crippen LogP contribution in [0.3, 0.4) is 0 Å². The number of aromatic nitrogens is 4. The zero-order valence-corrected chi connectivity index (χ0v) is 29.3. The van der Waals surface area contributed by atoms with E-state index in [1.54, 1.807) is 19.5 Å². The molecular weight excluding hydrogens is 642 g/mol. The number of anilines is 1. The van der Waals surface area contributed by atoms with Crippen molar-refractivity contribution in [1.29, 1.82) is 0 Å². The number of ether oxygens (including phenoxy) is 2. The van der Waals surface area contributed by atoms with E-state index in [-0.39, 0.29) is 11.8 Å². The Hall–Kier alpha value is -5.13. The Labute approximate surface area is 298 Å². The van der Waals surface area contributed by atoms with Crippen molar-refractivity contribution in [2.45, 2.75) is 38.5 Å². The fourth-order valence-corrected chi connectivity index (χ4v) is 7.36. The molecule has 2 fully saturated rings. The molecule has 2 saturated heterocycles. The zero-order chi connectivity index (χ0) is 35.2. The molecule has 11 heteroatoms. The molecule has 3 aromatic carbocycles. The topological polar surface area (TPSA) is 126 Å². The summed E-state index contributed by atoms with van der Waals surface area (Å²) in [6.45, 7) is 6.18. The fourth-order valence-electron chi connectivity index (χ4n) is 7.36. The second-order valence-corrected chi connectivity index (χ2v) is 13.6. The standard InChI is InChI=1S/C40H45N7O4/c1-3-40(39(49)43-32-11-14-35-34(25-32)37(45-44-35)30-9-12-33(13-10-30)51-24-23-50-2)17-22-46(27-40)26-36(48)47-20-15-29(16-21-47)28-5-7-31(8-6-28)38-41-18-4-19-42-38/h4-14,18-19,25,29H,3,15-17,20-24,26-27H2,1-2H3,(H,43,49)(H,44,45). The number of amides is 2. The van der Waals surface area contributed by atoms with E-state index in [9.17, 15) is 9.59 Å². The monoisotopic (exact) mass is 687 g/mol. The molecule has 11 nitrogen and oxygen atoms in total. The van der Waals surface area contributed by atoms with Gasteiger partial charge >= 0.3 is 0 Å². The van der Waals surface area contributed by atoms with Crippen molar-refractivity contribution >= 4 is 28.4 Å². The molecule has 0 bridgehead atoms. The molecule has 0 radical (unpaired) electrons. The quantitative estimate of drug-likeness (QED) is 0.150. The van der Waals surface area contributed by atoms with Gasteiger partial charge in [-0.3, -0.25) is 19.6 Å². The number of fused-ring (bicyclic) bond motifs is 1. The highest BCUT2D eigenvalue weighted by Crippen LogP contribution is 2.37. The molecule has 2 aliphatic heterocycles. The van der Waals surface area contributed by atoms with E-state index < -0.39 is 5.41 Å². The van der Waals surface area contributed by atoms with Crippen LogP contribution in [0.5, 0.6) is 5.75 Å². The molecule has 51 heavy (non-hydrogen) atoms. The van der Waals surface area contributed by atoms with E-state index in [1.807, 2.05) is 53.4 Å². The number of rotatable bonds is 12. The SMILES string of the molecule is CCC1(C(=O)Nc2ccc3[nH]nc(-c4ccc(OCCOC)cc4)c3c2)CCN(CC(=O)N2CCC(c3ccc(-c4ncccn4)cc3)CC2)C1. The van der Waals surface area contributed by atoms with Crippen LogP contribution < -0.4 is 10.1 Å². The summed E-state index contributed by atoms with van der Waals surface area (Å²) in [7, 11) is 1.65. The summed E-state index contributed by atoms with van der Waals surface area (Å²) in [4.78, 5) is 40.1. The summed E-state index contributed by atoms with van der Waals surface area (Å²) in [6.07, 6.45) is 6.79. The maximum absolute atomic E-state index is 13.9. The van der Waals surface area contributed by atoms with E-state index in [4.69, 9.17) is 9.47 Å². The highest BCUT2D eigenvalue weighted by Gasteiger charge is 2.44. The van der Waals surface area contributed by atoms with E-state index in [0.717, 1.165) is 77.5 Å². The van der Waals surface area contributed by atoms with Gasteiger partial charge in [0.05, 0.1) is 29.8 Å². The molecule has 0 saturated carbocycles. The maximum Gasteiger partial charge on any atom is 0.236 e. The predicted octanol–water partition coefficient (Wildman–Crippen LogP) is 6.16. The molecule has 7 rings (SSSR count). The minimum Gasteiger partial charge on any atom is -0.491 e. The average molecular weight is 688 g/mol. The number of piperidine rings is 1. The van der Waals surface area contributed by atoms with Crippen LogP contribution >= 0.6 is 0 Å². The summed E-state index contributed by atoms with van der Waals surface area (Å²) in [5.74, 6) is 2.05. The van der Waals surface area contributed by atoms with Crippen molar-refractivity contribution in [2.24, 2.45) is 5.41 Å². The van der Waals surface area contributed by atoms with Crippen LogP contribution in [0.4, 0.5) is 5.69 Å². The van der Waals surface area contributed by atoms with Crippen molar-refractivity contribution < 1.29 is 19.1 Å². The number of hydrogen-bond donors (Lipinski definition) is 2. The van der Waals surface area contributed by atoms with Crippen molar-refractivity contribution in [3.63, 3.8) is 0 Å². The largest absolute Gasteiger partial charge is 0.491 e. The molecule has 0 spiro atoms. The van der Waals surface area contributed by atoms with Crippen LogP contribution in [0.1, 0.15) is 44.1 Å². The van der Waals surface area contributed by atoms with Gasteiger partial charge in [0, 0.05) is 61.3 Å². The lowest BCUT2D eigenvalue weighted by atomic mass is 9.83. The third kappa shape index (κ3) is 7.64. The number of aromatic amines is 1. The molecule has 1 atom stereocenters. The number of methoxy groups -OCH3 is 1. The van der Waals surface area contributed by atoms with Gasteiger partial charge in [0.25, 0.3) is 0 Å². The maximum atomic E-state index is 13.9. The number of nitrogens with one attached hydrogen (secondary N) is 2. The number of H-pyrrole nitrogens is 1. The van der Waals surface area contributed by atoms with Gasteiger partial charge in [-0.1, -0.05) is 31.2 Å². The molecule has 2 amide bonds. The Morgan fingerprint density at radius 1 is 0.941 bits per heavy atom. The Kier molecular flexibility index (Phi) is 10.4. The molecule has 1 unspecified atom stereocenters. The summed E-state index contributed by atoms with van der Waals surface area (Å²) < 4.78 is 10.8. The first kappa shape index (κ1) is 34.3. The number of hydrogen-bond acceptors (Lipinski definition) is 8. The summed E-state index contributed by atoms with van der Waals surface area (Å²) in [6, 6.07) is 23.9. The van der Waals surface area contributed by atoms with Crippen LogP contribution in [0, 0.1) is 5.41 Å². The van der Waals surface area contributed by atoms with Gasteiger partial charge in [-0.25, -0.2) is 9.97 Å². The van der Waals surface area contributed by atoms with Crippen molar-refractivity contribution in [3.8, 4) is 28.4 Å². The van der Waals surface area contributed by atoms with Crippen LogP contribution in [0.25, 0.3) is 33.5 Å². The molecule has 264 valence electrons. The minimum atomic E-state index is -0.558. The third-order valence-electron chi connectivity index (χ3n) is 10.5. The summed E-state index contributed by atoms with van der Waals surface area (Å²) in [5, 5.41) is 11.8. The van der Waals surface area contributed by atoms with E-state index in [2.05, 4.69) is 61.6 Å². The highest BCUT2D eigenvalue weighted by atomic mass is 16.5. The summed E-state index contributed by atoms with van der Waals surface area (Å²) >= 11 is 0. The fraction of sp³-hybridized carbons (Fsp3) is 0.375. The number of benzene rings is 3. The minimum absolute atomic E-state index is 0.00689. The summed E-state index contributed by atoms with van der Waals surface area (Å²) in [5.41, 5.74) is 5.10. The lowest BCUT2D eigenvalue weighted by molar-refractivity contribution is -0.134. The first-order chi connectivity index (χ1) is 24.9. The van der Waals surface area contributed by atoms with Crippen LogP contribution in [-0.2, 0) is 14.3 Å². The predicted molar refractivity (Wildman–Crippen MR) is 197 cm³/mol. The average Bonchev–Trinajstić information content (AvgIpc) is 3.80. The highest BCUT2D eigenvalue weighted by molar-refractivity contribution is 6.00. The van der Waals surface area contributed by atoms with Crippen molar-refractivity contribution in [2.75, 3.05) is 58.4 Å². The molecule has 2 aliphatic rings. The van der Waals surface area contributed by atoms with Crippen molar-refractivity contribution in [1.82, 2.24) is 30.0 Å². The van der Waals surface area contributed by atoms with Gasteiger partial charge < -0.3 is 19.7 Å². The number of carbonyl (C=O) groups excluding carboxylic acids is 2. The Morgan fingerprint density at radius 3 is 2.41 bits per heavy atom. The number of carbonyl (C=O) groups is 2. The molecule has 4 heterocycles. The molecule has 2 N–H and O–H groups in total. The molecule has 0 aliphatic carbocycles. The zero-order valence-electron chi connectivity index (χ0n) is 29.3. The van der Waals surface area contributed by atoms with Gasteiger partial charge in [0.15, 0.2) is 5.82 Å². The lowest BCUT2D eigenvalue weighted by Crippen LogP contribution is -2.45. The normalized spacial score (nSPS) is 18.3.